The van der Waals surface area contributed by atoms with Crippen molar-refractivity contribution in [2.45, 2.75) is 93.4 Å². The highest BCUT2D eigenvalue weighted by Crippen LogP contribution is 2.20. The molecule has 0 heteroatoms. The Morgan fingerprint density at radius 2 is 1.32 bits per heavy atom. The zero-order chi connectivity index (χ0) is 17.2. The van der Waals surface area contributed by atoms with E-state index >= 15 is 0 Å². The van der Waals surface area contributed by atoms with Gasteiger partial charge in [-0.15, -0.1) is 0 Å². The summed E-state index contributed by atoms with van der Waals surface area (Å²) in [6, 6.07) is 8.53. The molecule has 0 fully saturated rings. The van der Waals surface area contributed by atoms with E-state index in [0.29, 0.717) is 0 Å². The number of rotatable bonds is 6. The Balaban J connectivity index is 0. The molecule has 1 aromatic carbocycles. The summed E-state index contributed by atoms with van der Waals surface area (Å²) in [7, 11) is 0. The molecule has 0 amide bonds. The summed E-state index contributed by atoms with van der Waals surface area (Å²) in [4.78, 5) is 0. The number of benzene rings is 1. The lowest BCUT2D eigenvalue weighted by atomic mass is 9.99. The molecule has 0 aromatic heterocycles. The van der Waals surface area contributed by atoms with Crippen molar-refractivity contribution in [3.63, 3.8) is 0 Å². The molecule has 22 heavy (non-hydrogen) atoms. The van der Waals surface area contributed by atoms with Crippen LogP contribution in [-0.2, 0) is 0 Å². The van der Waals surface area contributed by atoms with Gasteiger partial charge in [-0.3, -0.25) is 0 Å². The lowest BCUT2D eigenvalue weighted by Gasteiger charge is -2.07. The van der Waals surface area contributed by atoms with Crippen molar-refractivity contribution in [3.8, 4) is 0 Å². The van der Waals surface area contributed by atoms with Crippen LogP contribution in [0, 0.1) is 6.92 Å². The molecule has 1 aromatic rings. The summed E-state index contributed by atoms with van der Waals surface area (Å²) < 4.78 is 0. The maximum Gasteiger partial charge on any atom is -0.0199 e. The molecule has 0 aliphatic rings. The topological polar surface area (TPSA) is 0 Å². The van der Waals surface area contributed by atoms with Crippen LogP contribution in [0.1, 0.15) is 97.6 Å². The second-order valence-electron chi connectivity index (χ2n) is 5.69. The second kappa shape index (κ2) is 18.0. The van der Waals surface area contributed by atoms with Crippen LogP contribution in [0.25, 0.3) is 5.57 Å². The predicted octanol–water partition coefficient (Wildman–Crippen LogP) is 8.20. The fourth-order valence-electron chi connectivity index (χ4n) is 1.98. The van der Waals surface area contributed by atoms with E-state index in [-0.39, 0.29) is 0 Å². The second-order valence-corrected chi connectivity index (χ2v) is 5.69. The molecule has 0 saturated carbocycles. The summed E-state index contributed by atoms with van der Waals surface area (Å²) in [6.45, 7) is 15.3. The lowest BCUT2D eigenvalue weighted by molar-refractivity contribution is 0.702. The van der Waals surface area contributed by atoms with Crippen LogP contribution < -0.4 is 0 Å². The van der Waals surface area contributed by atoms with E-state index in [9.17, 15) is 0 Å². The van der Waals surface area contributed by atoms with Crippen molar-refractivity contribution in [1.29, 1.82) is 0 Å². The summed E-state index contributed by atoms with van der Waals surface area (Å²) in [5.41, 5.74) is 4.20. The van der Waals surface area contributed by atoms with Gasteiger partial charge in [-0.25, -0.2) is 0 Å². The largest absolute Gasteiger partial charge is 0.0838 e. The molecule has 1 rings (SSSR count). The Kier molecular flexibility index (Phi) is 19.0. The Labute approximate surface area is 141 Å². The van der Waals surface area contributed by atoms with Gasteiger partial charge >= 0.3 is 0 Å². The SMILES string of the molecule is C/C=C(/CC)c1ccccc1C.CCCC.CCCCCC. The number of unbranched alkanes of at least 4 members (excludes halogenated alkanes) is 4. The quantitative estimate of drug-likeness (QED) is 0.464. The van der Waals surface area contributed by atoms with E-state index in [2.05, 4.69) is 78.8 Å². The first kappa shape index (κ1) is 23.2. The third kappa shape index (κ3) is 12.7. The van der Waals surface area contributed by atoms with Crippen molar-refractivity contribution in [3.05, 3.63) is 41.5 Å². The highest BCUT2D eigenvalue weighted by atomic mass is 14.0. The van der Waals surface area contributed by atoms with E-state index in [1.807, 2.05) is 0 Å². The van der Waals surface area contributed by atoms with Gasteiger partial charge in [0.25, 0.3) is 0 Å². The summed E-state index contributed by atoms with van der Waals surface area (Å²) >= 11 is 0. The Bertz CT molecular complexity index is 354. The minimum absolute atomic E-state index is 1.11. The molecule has 0 unspecified atom stereocenters. The van der Waals surface area contributed by atoms with Crippen LogP contribution in [-0.4, -0.2) is 0 Å². The number of hydrogen-bond donors (Lipinski definition) is 0. The van der Waals surface area contributed by atoms with Crippen LogP contribution in [0.2, 0.25) is 0 Å². The molecule has 0 aliphatic carbocycles. The number of allylic oxidation sites excluding steroid dienone is 2. The maximum atomic E-state index is 2.23. The van der Waals surface area contributed by atoms with Crippen LogP contribution in [0.4, 0.5) is 0 Å². The molecular formula is C22H40. The van der Waals surface area contributed by atoms with Gasteiger partial charge in [-0.2, -0.15) is 0 Å². The molecule has 0 N–H and O–H groups in total. The molecule has 0 nitrogen and oxygen atoms in total. The van der Waals surface area contributed by atoms with Gasteiger partial charge in [0, 0.05) is 0 Å². The maximum absolute atomic E-state index is 2.23. The minimum atomic E-state index is 1.11. The highest BCUT2D eigenvalue weighted by Gasteiger charge is 1.99. The van der Waals surface area contributed by atoms with Crippen LogP contribution in [0.5, 0.6) is 0 Å². The smallest absolute Gasteiger partial charge is 0.0199 e. The van der Waals surface area contributed by atoms with Crippen molar-refractivity contribution in [2.24, 2.45) is 0 Å². The molecular weight excluding hydrogens is 264 g/mol. The third-order valence-corrected chi connectivity index (χ3v) is 3.68. The lowest BCUT2D eigenvalue weighted by Crippen LogP contribution is -1.86. The average Bonchev–Trinajstić information content (AvgIpc) is 2.56. The molecule has 128 valence electrons. The number of hydrogen-bond acceptors (Lipinski definition) is 0. The van der Waals surface area contributed by atoms with E-state index < -0.39 is 0 Å². The predicted molar refractivity (Wildman–Crippen MR) is 106 cm³/mol. The Morgan fingerprint density at radius 1 is 0.818 bits per heavy atom. The Hall–Kier alpha value is -1.04. The monoisotopic (exact) mass is 304 g/mol. The molecule has 0 heterocycles. The molecule has 0 bridgehead atoms. The minimum Gasteiger partial charge on any atom is -0.0838 e. The zero-order valence-corrected chi connectivity index (χ0v) is 16.3. The van der Waals surface area contributed by atoms with E-state index in [1.165, 1.54) is 55.2 Å². The van der Waals surface area contributed by atoms with Crippen LogP contribution in [0.3, 0.4) is 0 Å². The van der Waals surface area contributed by atoms with Gasteiger partial charge in [0.05, 0.1) is 0 Å². The zero-order valence-electron chi connectivity index (χ0n) is 16.3. The number of aryl methyl sites for hydroxylation is 1. The van der Waals surface area contributed by atoms with Crippen molar-refractivity contribution >= 4 is 5.57 Å². The van der Waals surface area contributed by atoms with E-state index in [1.54, 1.807) is 0 Å². The van der Waals surface area contributed by atoms with Gasteiger partial charge in [0.1, 0.15) is 0 Å². The molecule has 0 spiro atoms. The normalized spacial score (nSPS) is 10.2. The van der Waals surface area contributed by atoms with Crippen molar-refractivity contribution in [2.75, 3.05) is 0 Å². The van der Waals surface area contributed by atoms with E-state index in [4.69, 9.17) is 0 Å². The molecule has 0 radical (unpaired) electrons. The summed E-state index contributed by atoms with van der Waals surface area (Å²) in [6.07, 6.45) is 11.5. The fraction of sp³-hybridized carbons (Fsp3) is 0.636. The van der Waals surface area contributed by atoms with Gasteiger partial charge in [-0.05, 0) is 37.0 Å². The standard InChI is InChI=1S/C12H16.C6H14.C4H10/c1-4-11(5-2)12-9-7-6-8-10(12)3;1-3-5-6-4-2;1-3-4-2/h4,6-9H,5H2,1-3H3;3-6H2,1-2H3;3-4H2,1-2H3/b11-4-;;. The van der Waals surface area contributed by atoms with Crippen molar-refractivity contribution in [1.82, 2.24) is 0 Å². The Morgan fingerprint density at radius 3 is 1.64 bits per heavy atom. The summed E-state index contributed by atoms with van der Waals surface area (Å²) in [5.74, 6) is 0. The first-order valence-corrected chi connectivity index (χ1v) is 9.33. The highest BCUT2D eigenvalue weighted by molar-refractivity contribution is 5.67. The van der Waals surface area contributed by atoms with Crippen LogP contribution in [0.15, 0.2) is 30.3 Å². The summed E-state index contributed by atoms with van der Waals surface area (Å²) in [5, 5.41) is 0. The van der Waals surface area contributed by atoms with Gasteiger partial charge in [-0.1, -0.05) is 103 Å². The van der Waals surface area contributed by atoms with Gasteiger partial charge in [0.15, 0.2) is 0 Å². The van der Waals surface area contributed by atoms with Gasteiger partial charge < -0.3 is 0 Å². The third-order valence-electron chi connectivity index (χ3n) is 3.68. The first-order chi connectivity index (χ1) is 10.6. The van der Waals surface area contributed by atoms with E-state index in [0.717, 1.165) is 6.42 Å². The first-order valence-electron chi connectivity index (χ1n) is 9.33. The fourth-order valence-corrected chi connectivity index (χ4v) is 1.98. The van der Waals surface area contributed by atoms with Gasteiger partial charge in [0.2, 0.25) is 0 Å². The molecule has 0 aliphatic heterocycles. The van der Waals surface area contributed by atoms with Crippen molar-refractivity contribution < 1.29 is 0 Å². The molecule has 0 saturated heterocycles. The van der Waals surface area contributed by atoms with Crippen LogP contribution >= 0.6 is 0 Å². The average molecular weight is 305 g/mol. The molecule has 0 atom stereocenters.